The SMILES string of the molecule is Clc1ccc2c(c1)C1(CCNCC1)CN2c1cnccn1. The maximum Gasteiger partial charge on any atom is 0.151 e. The number of anilines is 2. The minimum atomic E-state index is 0.184. The molecule has 0 bridgehead atoms. The van der Waals surface area contributed by atoms with Crippen molar-refractivity contribution in [2.75, 3.05) is 24.5 Å². The molecule has 108 valence electrons. The van der Waals surface area contributed by atoms with Crippen LogP contribution in [0.1, 0.15) is 18.4 Å². The van der Waals surface area contributed by atoms with Gasteiger partial charge in [-0.25, -0.2) is 4.98 Å². The lowest BCUT2D eigenvalue weighted by Gasteiger charge is -2.34. The van der Waals surface area contributed by atoms with Crippen LogP contribution in [0.2, 0.25) is 5.02 Å². The predicted molar refractivity (Wildman–Crippen MR) is 84.3 cm³/mol. The fourth-order valence-corrected chi connectivity index (χ4v) is 3.78. The lowest BCUT2D eigenvalue weighted by molar-refractivity contribution is 0.329. The van der Waals surface area contributed by atoms with Crippen LogP contribution in [0, 0.1) is 0 Å². The number of nitrogens with zero attached hydrogens (tertiary/aromatic N) is 3. The van der Waals surface area contributed by atoms with Gasteiger partial charge in [-0.2, -0.15) is 0 Å². The fourth-order valence-electron chi connectivity index (χ4n) is 3.61. The highest BCUT2D eigenvalue weighted by molar-refractivity contribution is 6.30. The molecule has 1 saturated heterocycles. The zero-order valence-electron chi connectivity index (χ0n) is 11.7. The van der Waals surface area contributed by atoms with Crippen molar-refractivity contribution >= 4 is 23.1 Å². The van der Waals surface area contributed by atoms with Crippen LogP contribution in [0.25, 0.3) is 0 Å². The molecule has 0 radical (unpaired) electrons. The maximum absolute atomic E-state index is 6.26. The number of halogens is 1. The number of fused-ring (bicyclic) bond motifs is 2. The third kappa shape index (κ3) is 2.10. The van der Waals surface area contributed by atoms with E-state index >= 15 is 0 Å². The molecule has 0 atom stereocenters. The molecule has 2 aliphatic heterocycles. The van der Waals surface area contributed by atoms with Crippen LogP contribution >= 0.6 is 11.6 Å². The van der Waals surface area contributed by atoms with Gasteiger partial charge < -0.3 is 10.2 Å². The van der Waals surface area contributed by atoms with Gasteiger partial charge in [0.2, 0.25) is 0 Å². The molecule has 0 aliphatic carbocycles. The second-order valence-corrected chi connectivity index (χ2v) is 6.28. The number of hydrogen-bond acceptors (Lipinski definition) is 4. The van der Waals surface area contributed by atoms with Crippen molar-refractivity contribution in [3.05, 3.63) is 47.4 Å². The summed E-state index contributed by atoms with van der Waals surface area (Å²) in [5, 5.41) is 4.27. The Morgan fingerprint density at radius 3 is 2.81 bits per heavy atom. The Hall–Kier alpha value is -1.65. The Bertz CT molecular complexity index is 653. The number of rotatable bonds is 1. The first kappa shape index (κ1) is 13.0. The van der Waals surface area contributed by atoms with Crippen molar-refractivity contribution in [2.45, 2.75) is 18.3 Å². The highest BCUT2D eigenvalue weighted by Gasteiger charge is 2.44. The van der Waals surface area contributed by atoms with Crippen LogP contribution in [-0.4, -0.2) is 29.6 Å². The van der Waals surface area contributed by atoms with Crippen molar-refractivity contribution in [3.63, 3.8) is 0 Å². The van der Waals surface area contributed by atoms with Crippen LogP contribution in [0.3, 0.4) is 0 Å². The van der Waals surface area contributed by atoms with E-state index in [0.717, 1.165) is 43.3 Å². The Kier molecular flexibility index (Phi) is 3.08. The first-order chi connectivity index (χ1) is 10.3. The van der Waals surface area contributed by atoms with Gasteiger partial charge in [-0.3, -0.25) is 4.98 Å². The molecule has 1 aromatic heterocycles. The van der Waals surface area contributed by atoms with Crippen molar-refractivity contribution in [3.8, 4) is 0 Å². The molecule has 2 aromatic rings. The molecule has 1 N–H and O–H groups in total. The maximum atomic E-state index is 6.26. The average molecular weight is 301 g/mol. The summed E-state index contributed by atoms with van der Waals surface area (Å²) in [5.41, 5.74) is 2.77. The minimum absolute atomic E-state index is 0.184. The molecule has 4 rings (SSSR count). The smallest absolute Gasteiger partial charge is 0.151 e. The molecule has 2 aliphatic rings. The molecule has 4 nitrogen and oxygen atoms in total. The molecule has 21 heavy (non-hydrogen) atoms. The van der Waals surface area contributed by atoms with Gasteiger partial charge in [-0.05, 0) is 49.7 Å². The van der Waals surface area contributed by atoms with Crippen LogP contribution in [0.15, 0.2) is 36.8 Å². The van der Waals surface area contributed by atoms with Crippen LogP contribution in [0.4, 0.5) is 11.5 Å². The van der Waals surface area contributed by atoms with E-state index in [0.29, 0.717) is 0 Å². The molecule has 1 fully saturated rings. The summed E-state index contributed by atoms with van der Waals surface area (Å²) in [6.45, 7) is 3.07. The second kappa shape index (κ2) is 4.97. The van der Waals surface area contributed by atoms with Crippen LogP contribution < -0.4 is 10.2 Å². The monoisotopic (exact) mass is 300 g/mol. The molecular formula is C16H17ClN4. The van der Waals surface area contributed by atoms with E-state index in [1.54, 1.807) is 12.4 Å². The third-order valence-electron chi connectivity index (χ3n) is 4.67. The molecule has 0 amide bonds. The Morgan fingerprint density at radius 1 is 1.19 bits per heavy atom. The normalized spacial score (nSPS) is 19.8. The fraction of sp³-hybridized carbons (Fsp3) is 0.375. The van der Waals surface area contributed by atoms with E-state index in [9.17, 15) is 0 Å². The second-order valence-electron chi connectivity index (χ2n) is 5.84. The summed E-state index contributed by atoms with van der Waals surface area (Å²) >= 11 is 6.26. The zero-order valence-corrected chi connectivity index (χ0v) is 12.5. The van der Waals surface area contributed by atoms with Gasteiger partial charge in [-0.1, -0.05) is 11.6 Å². The molecule has 0 saturated carbocycles. The van der Waals surface area contributed by atoms with E-state index in [1.807, 2.05) is 12.3 Å². The Labute approximate surface area is 129 Å². The lowest BCUT2D eigenvalue weighted by atomic mass is 9.75. The van der Waals surface area contributed by atoms with E-state index in [1.165, 1.54) is 11.3 Å². The number of piperidine rings is 1. The quantitative estimate of drug-likeness (QED) is 0.879. The first-order valence-corrected chi connectivity index (χ1v) is 7.71. The van der Waals surface area contributed by atoms with Gasteiger partial charge in [0.1, 0.15) is 0 Å². The number of nitrogens with one attached hydrogen (secondary N) is 1. The number of aromatic nitrogens is 2. The van der Waals surface area contributed by atoms with Crippen molar-refractivity contribution in [1.29, 1.82) is 0 Å². The van der Waals surface area contributed by atoms with Crippen LogP contribution in [-0.2, 0) is 5.41 Å². The summed E-state index contributed by atoms with van der Waals surface area (Å²) < 4.78 is 0. The van der Waals surface area contributed by atoms with Gasteiger partial charge in [0, 0.05) is 35.1 Å². The summed E-state index contributed by atoms with van der Waals surface area (Å²) in [4.78, 5) is 11.0. The predicted octanol–water partition coefficient (Wildman–Crippen LogP) is 2.90. The van der Waals surface area contributed by atoms with E-state index in [2.05, 4.69) is 32.3 Å². The largest absolute Gasteiger partial charge is 0.324 e. The van der Waals surface area contributed by atoms with Crippen molar-refractivity contribution in [1.82, 2.24) is 15.3 Å². The highest BCUT2D eigenvalue weighted by atomic mass is 35.5. The third-order valence-corrected chi connectivity index (χ3v) is 4.90. The first-order valence-electron chi connectivity index (χ1n) is 7.33. The van der Waals surface area contributed by atoms with E-state index < -0.39 is 0 Å². The molecule has 1 aromatic carbocycles. The summed E-state index contributed by atoms with van der Waals surface area (Å²) in [6, 6.07) is 6.21. The Balaban J connectivity index is 1.83. The van der Waals surface area contributed by atoms with Gasteiger partial charge >= 0.3 is 0 Å². The number of hydrogen-bond donors (Lipinski definition) is 1. The lowest BCUT2D eigenvalue weighted by Crippen LogP contribution is -2.42. The van der Waals surface area contributed by atoms with Gasteiger partial charge in [-0.15, -0.1) is 0 Å². The molecule has 1 spiro atoms. The summed E-state index contributed by atoms with van der Waals surface area (Å²) in [5.74, 6) is 0.913. The average Bonchev–Trinajstić information content (AvgIpc) is 2.83. The highest BCUT2D eigenvalue weighted by Crippen LogP contribution is 2.48. The van der Waals surface area contributed by atoms with E-state index in [-0.39, 0.29) is 5.41 Å². The van der Waals surface area contributed by atoms with Crippen molar-refractivity contribution < 1.29 is 0 Å². The van der Waals surface area contributed by atoms with Crippen molar-refractivity contribution in [2.24, 2.45) is 0 Å². The number of benzene rings is 1. The minimum Gasteiger partial charge on any atom is -0.324 e. The Morgan fingerprint density at radius 2 is 2.05 bits per heavy atom. The van der Waals surface area contributed by atoms with E-state index in [4.69, 9.17) is 11.6 Å². The molecule has 0 unspecified atom stereocenters. The molecule has 5 heteroatoms. The molecular weight excluding hydrogens is 284 g/mol. The zero-order chi connectivity index (χ0) is 14.3. The summed E-state index contributed by atoms with van der Waals surface area (Å²) in [7, 11) is 0. The summed E-state index contributed by atoms with van der Waals surface area (Å²) in [6.07, 6.45) is 7.56. The molecule has 3 heterocycles. The van der Waals surface area contributed by atoms with Gasteiger partial charge in [0.25, 0.3) is 0 Å². The van der Waals surface area contributed by atoms with Crippen LogP contribution in [0.5, 0.6) is 0 Å². The topological polar surface area (TPSA) is 41.0 Å². The van der Waals surface area contributed by atoms with Gasteiger partial charge in [0.05, 0.1) is 6.20 Å². The standard InChI is InChI=1S/C16H17ClN4/c17-12-1-2-14-13(9-12)16(3-5-18-6-4-16)11-21(14)15-10-19-7-8-20-15/h1-2,7-10,18H,3-6,11H2. The van der Waals surface area contributed by atoms with Gasteiger partial charge in [0.15, 0.2) is 5.82 Å².